The molecule has 0 radical (unpaired) electrons. The molecule has 220 valence electrons. The highest BCUT2D eigenvalue weighted by molar-refractivity contribution is 5.68. The average molecular weight is 593 g/mol. The normalized spacial score (nSPS) is 11.5. The first-order valence-electron chi connectivity index (χ1n) is 13.7. The molecule has 1 aromatic heterocycles. The minimum Gasteiger partial charge on any atom is -0.429 e. The van der Waals surface area contributed by atoms with Gasteiger partial charge in [0.05, 0.1) is 0 Å². The van der Waals surface area contributed by atoms with E-state index >= 15 is 0 Å². The number of nitrogens with zero attached hydrogens (tertiary/aromatic N) is 2. The molecule has 3 nitrogen and oxygen atoms in total. The molecule has 0 aliphatic heterocycles. The summed E-state index contributed by atoms with van der Waals surface area (Å²) in [4.78, 5) is 8.79. The molecule has 4 aromatic carbocycles. The molecule has 5 aromatic rings. The van der Waals surface area contributed by atoms with Crippen LogP contribution in [0.25, 0.3) is 33.6 Å². The van der Waals surface area contributed by atoms with Gasteiger partial charge in [0.15, 0.2) is 5.82 Å². The van der Waals surface area contributed by atoms with E-state index < -0.39 is 40.7 Å². The molecule has 0 spiro atoms. The summed E-state index contributed by atoms with van der Waals surface area (Å²) in [5, 5.41) is 0. The van der Waals surface area contributed by atoms with E-state index in [-0.39, 0.29) is 11.1 Å². The van der Waals surface area contributed by atoms with Gasteiger partial charge in [-0.2, -0.15) is 8.78 Å². The van der Waals surface area contributed by atoms with Crippen molar-refractivity contribution in [2.75, 3.05) is 0 Å². The van der Waals surface area contributed by atoms with E-state index in [4.69, 9.17) is 0 Å². The standard InChI is InChI=1S/C34H26F6N2O/c1-2-3-4-5-21-19-41-33(42-20-21)24-8-6-22(7-9-24)25-16-30(37)32(31(38)17-25)34(39,40)43-27-14-15-28(29(36)18-27)23-10-12-26(35)13-11-23/h6-20H,2-5H2,1H3. The second-order valence-corrected chi connectivity index (χ2v) is 10.0. The Balaban J connectivity index is 1.32. The van der Waals surface area contributed by atoms with Crippen LogP contribution in [0.2, 0.25) is 0 Å². The minimum atomic E-state index is -4.46. The Hall–Kier alpha value is -4.66. The van der Waals surface area contributed by atoms with Crippen molar-refractivity contribution >= 4 is 0 Å². The Kier molecular flexibility index (Phi) is 8.80. The summed E-state index contributed by atoms with van der Waals surface area (Å²) >= 11 is 0. The van der Waals surface area contributed by atoms with E-state index in [0.717, 1.165) is 67.6 Å². The molecule has 0 atom stereocenters. The summed E-state index contributed by atoms with van der Waals surface area (Å²) in [6.45, 7) is 2.13. The minimum absolute atomic E-state index is 0.00869. The van der Waals surface area contributed by atoms with Crippen LogP contribution < -0.4 is 4.74 Å². The third-order valence-electron chi connectivity index (χ3n) is 6.93. The fourth-order valence-electron chi connectivity index (χ4n) is 4.66. The van der Waals surface area contributed by atoms with Gasteiger partial charge in [-0.25, -0.2) is 27.5 Å². The number of rotatable bonds is 10. The molecule has 0 aliphatic carbocycles. The van der Waals surface area contributed by atoms with Crippen molar-refractivity contribution in [3.8, 4) is 39.4 Å². The fourth-order valence-corrected chi connectivity index (χ4v) is 4.66. The van der Waals surface area contributed by atoms with Crippen molar-refractivity contribution in [3.63, 3.8) is 0 Å². The lowest BCUT2D eigenvalue weighted by Gasteiger charge is -2.20. The van der Waals surface area contributed by atoms with Crippen LogP contribution in [-0.2, 0) is 12.5 Å². The van der Waals surface area contributed by atoms with Gasteiger partial charge in [0.25, 0.3) is 0 Å². The van der Waals surface area contributed by atoms with E-state index in [1.165, 1.54) is 12.1 Å². The lowest BCUT2D eigenvalue weighted by atomic mass is 10.0. The summed E-state index contributed by atoms with van der Waals surface area (Å²) in [6, 6.07) is 15.8. The van der Waals surface area contributed by atoms with Crippen molar-refractivity contribution < 1.29 is 31.1 Å². The third kappa shape index (κ3) is 6.88. The van der Waals surface area contributed by atoms with Gasteiger partial charge in [-0.1, -0.05) is 56.2 Å². The van der Waals surface area contributed by atoms with Gasteiger partial charge in [-0.15, -0.1) is 0 Å². The van der Waals surface area contributed by atoms with Crippen molar-refractivity contribution in [1.29, 1.82) is 0 Å². The molecule has 1 heterocycles. The summed E-state index contributed by atoms with van der Waals surface area (Å²) < 4.78 is 92.2. The molecule has 0 aliphatic rings. The summed E-state index contributed by atoms with van der Waals surface area (Å²) in [7, 11) is 0. The Morgan fingerprint density at radius 3 is 1.86 bits per heavy atom. The van der Waals surface area contributed by atoms with Crippen LogP contribution in [0, 0.1) is 23.3 Å². The second-order valence-electron chi connectivity index (χ2n) is 10.0. The first-order chi connectivity index (χ1) is 20.6. The molecule has 0 saturated heterocycles. The number of aryl methyl sites for hydroxylation is 1. The van der Waals surface area contributed by atoms with Crippen LogP contribution in [0.1, 0.15) is 37.3 Å². The molecule has 5 rings (SSSR count). The second kappa shape index (κ2) is 12.7. The molecule has 0 N–H and O–H groups in total. The molecular weight excluding hydrogens is 566 g/mol. The van der Waals surface area contributed by atoms with Crippen LogP contribution in [0.5, 0.6) is 5.75 Å². The monoisotopic (exact) mass is 592 g/mol. The highest BCUT2D eigenvalue weighted by Crippen LogP contribution is 2.38. The molecule has 9 heteroatoms. The number of hydrogen-bond donors (Lipinski definition) is 0. The lowest BCUT2D eigenvalue weighted by Crippen LogP contribution is -2.25. The van der Waals surface area contributed by atoms with Crippen molar-refractivity contribution in [1.82, 2.24) is 9.97 Å². The van der Waals surface area contributed by atoms with E-state index in [2.05, 4.69) is 21.6 Å². The van der Waals surface area contributed by atoms with Crippen LogP contribution in [0.3, 0.4) is 0 Å². The van der Waals surface area contributed by atoms with E-state index in [0.29, 0.717) is 28.6 Å². The molecular formula is C34H26F6N2O. The Labute approximate surface area is 244 Å². The van der Waals surface area contributed by atoms with Crippen LogP contribution in [0.4, 0.5) is 26.3 Å². The summed E-state index contributed by atoms with van der Waals surface area (Å²) in [6.07, 6.45) is 3.28. The zero-order valence-electron chi connectivity index (χ0n) is 23.1. The zero-order valence-corrected chi connectivity index (χ0v) is 23.1. The number of alkyl halides is 2. The van der Waals surface area contributed by atoms with Gasteiger partial charge in [-0.05, 0) is 71.5 Å². The topological polar surface area (TPSA) is 35.0 Å². The van der Waals surface area contributed by atoms with Crippen molar-refractivity contribution in [3.05, 3.63) is 126 Å². The van der Waals surface area contributed by atoms with Gasteiger partial charge in [0, 0.05) is 29.6 Å². The number of halogens is 6. The number of hydrogen-bond acceptors (Lipinski definition) is 3. The van der Waals surface area contributed by atoms with Crippen molar-refractivity contribution in [2.45, 2.75) is 38.7 Å². The largest absolute Gasteiger partial charge is 0.432 e. The Bertz CT molecular complexity index is 1680. The van der Waals surface area contributed by atoms with Gasteiger partial charge >= 0.3 is 6.11 Å². The van der Waals surface area contributed by atoms with Gasteiger partial charge in [0.1, 0.15) is 34.6 Å². The number of ether oxygens (including phenoxy) is 1. The SMILES string of the molecule is CCCCCc1cnc(-c2ccc(-c3cc(F)c(C(F)(F)Oc4ccc(-c5ccc(F)cc5)c(F)c4)c(F)c3)cc2)nc1. The van der Waals surface area contributed by atoms with Crippen LogP contribution in [0.15, 0.2) is 91.3 Å². The molecule has 0 fully saturated rings. The van der Waals surface area contributed by atoms with Crippen LogP contribution in [-0.4, -0.2) is 9.97 Å². The van der Waals surface area contributed by atoms with E-state index in [9.17, 15) is 26.3 Å². The Morgan fingerprint density at radius 2 is 1.26 bits per heavy atom. The maximum atomic E-state index is 15.0. The Morgan fingerprint density at radius 1 is 0.651 bits per heavy atom. The summed E-state index contributed by atoms with van der Waals surface area (Å²) in [5.74, 6) is -4.69. The first-order valence-corrected chi connectivity index (χ1v) is 13.7. The van der Waals surface area contributed by atoms with E-state index in [1.807, 2.05) is 0 Å². The van der Waals surface area contributed by atoms with E-state index in [1.54, 1.807) is 36.7 Å². The van der Waals surface area contributed by atoms with Gasteiger partial charge in [-0.3, -0.25) is 0 Å². The highest BCUT2D eigenvalue weighted by Gasteiger charge is 2.41. The smallest absolute Gasteiger partial charge is 0.429 e. The number of benzene rings is 4. The lowest BCUT2D eigenvalue weighted by molar-refractivity contribution is -0.189. The molecule has 0 saturated carbocycles. The number of unbranched alkanes of at least 4 members (excludes halogenated alkanes) is 2. The highest BCUT2D eigenvalue weighted by atomic mass is 19.3. The maximum absolute atomic E-state index is 15.0. The zero-order chi connectivity index (χ0) is 30.6. The van der Waals surface area contributed by atoms with Gasteiger partial charge in [0.2, 0.25) is 0 Å². The number of aromatic nitrogens is 2. The molecule has 0 bridgehead atoms. The quantitative estimate of drug-likeness (QED) is 0.120. The summed E-state index contributed by atoms with van der Waals surface area (Å²) in [5.41, 5.74) is 0.834. The van der Waals surface area contributed by atoms with Crippen molar-refractivity contribution in [2.24, 2.45) is 0 Å². The molecule has 0 amide bonds. The predicted octanol–water partition coefficient (Wildman–Crippen LogP) is 9.89. The van der Waals surface area contributed by atoms with Crippen LogP contribution >= 0.6 is 0 Å². The third-order valence-corrected chi connectivity index (χ3v) is 6.93. The van der Waals surface area contributed by atoms with Gasteiger partial charge < -0.3 is 4.74 Å². The predicted molar refractivity (Wildman–Crippen MR) is 152 cm³/mol. The molecule has 43 heavy (non-hydrogen) atoms. The molecule has 0 unspecified atom stereocenters. The first kappa shape index (κ1) is 29.8. The maximum Gasteiger partial charge on any atom is 0.432 e. The fraction of sp³-hybridized carbons (Fsp3) is 0.176. The average Bonchev–Trinajstić information content (AvgIpc) is 2.98.